The normalized spacial score (nSPS) is 16.8. The highest BCUT2D eigenvalue weighted by Crippen LogP contribution is 2.36. The first-order valence-electron chi connectivity index (χ1n) is 10.1. The molecule has 2 aromatic heterocycles. The zero-order valence-corrected chi connectivity index (χ0v) is 17.2. The van der Waals surface area contributed by atoms with Gasteiger partial charge in [0.25, 0.3) is 0 Å². The van der Waals surface area contributed by atoms with Gasteiger partial charge in [-0.2, -0.15) is 0 Å². The Balaban J connectivity index is 1.68. The van der Waals surface area contributed by atoms with Crippen LogP contribution >= 0.6 is 0 Å². The number of likely N-dealkylation sites (tertiary alicyclic amines) is 1. The first kappa shape index (κ1) is 19.3. The van der Waals surface area contributed by atoms with Crippen molar-refractivity contribution >= 4 is 5.91 Å². The molecule has 0 aliphatic carbocycles. The van der Waals surface area contributed by atoms with E-state index in [1.54, 1.807) is 6.20 Å². The summed E-state index contributed by atoms with van der Waals surface area (Å²) >= 11 is 0. The summed E-state index contributed by atoms with van der Waals surface area (Å²) in [7, 11) is 0. The van der Waals surface area contributed by atoms with E-state index >= 15 is 0 Å². The van der Waals surface area contributed by atoms with E-state index in [-0.39, 0.29) is 11.9 Å². The highest BCUT2D eigenvalue weighted by atomic mass is 16.5. The number of hydrogen-bond acceptors (Lipinski definition) is 5. The van der Waals surface area contributed by atoms with Gasteiger partial charge in [0.2, 0.25) is 5.91 Å². The van der Waals surface area contributed by atoms with Gasteiger partial charge in [0.1, 0.15) is 5.82 Å². The minimum atomic E-state index is -0.0811. The molecule has 0 bridgehead atoms. The molecular weight excluding hydrogens is 364 g/mol. The highest BCUT2D eigenvalue weighted by molar-refractivity contribution is 5.80. The van der Waals surface area contributed by atoms with Gasteiger partial charge in [-0.15, -0.1) is 0 Å². The van der Waals surface area contributed by atoms with Crippen LogP contribution in [0.4, 0.5) is 0 Å². The molecule has 4 rings (SSSR count). The van der Waals surface area contributed by atoms with Crippen LogP contribution in [0.25, 0.3) is 11.3 Å². The minimum Gasteiger partial charge on any atom is -0.356 e. The van der Waals surface area contributed by atoms with Crippen LogP contribution in [0.1, 0.15) is 53.6 Å². The number of piperidine rings is 1. The Morgan fingerprint density at radius 1 is 1.21 bits per heavy atom. The molecule has 3 aromatic rings. The second-order valence-electron chi connectivity index (χ2n) is 7.75. The number of hydrogen-bond donors (Lipinski definition) is 0. The van der Waals surface area contributed by atoms with E-state index in [0.29, 0.717) is 18.0 Å². The molecule has 6 heteroatoms. The fourth-order valence-electron chi connectivity index (χ4n) is 4.01. The van der Waals surface area contributed by atoms with Gasteiger partial charge >= 0.3 is 0 Å². The zero-order chi connectivity index (χ0) is 20.4. The molecule has 1 saturated heterocycles. The van der Waals surface area contributed by atoms with Crippen molar-refractivity contribution in [2.24, 2.45) is 0 Å². The number of nitrogens with zero attached hydrogens (tertiary/aromatic N) is 4. The van der Waals surface area contributed by atoms with E-state index in [1.807, 2.05) is 43.0 Å². The first-order valence-corrected chi connectivity index (χ1v) is 10.1. The van der Waals surface area contributed by atoms with E-state index in [1.165, 1.54) is 0 Å². The number of amides is 1. The molecule has 1 aliphatic rings. The Bertz CT molecular complexity index is 1030. The second-order valence-corrected chi connectivity index (χ2v) is 7.75. The standard InChI is InChI=1S/C23H26N4O2/c1-15-8-4-5-9-18(15)13-22(28)27-11-7-6-10-20(27)23-19(14-24-17(3)25-23)21-12-16(2)26-29-21/h4-5,8-9,12,14,20H,6-7,10-11,13H2,1-3H3. The van der Waals surface area contributed by atoms with Gasteiger partial charge in [-0.05, 0) is 51.2 Å². The van der Waals surface area contributed by atoms with Crippen molar-refractivity contribution in [2.75, 3.05) is 6.54 Å². The third kappa shape index (κ3) is 4.06. The second kappa shape index (κ2) is 8.15. The Hall–Kier alpha value is -3.02. The average molecular weight is 390 g/mol. The third-order valence-electron chi connectivity index (χ3n) is 5.57. The summed E-state index contributed by atoms with van der Waals surface area (Å²) in [6, 6.07) is 9.88. The lowest BCUT2D eigenvalue weighted by Crippen LogP contribution is -2.40. The summed E-state index contributed by atoms with van der Waals surface area (Å²) in [4.78, 5) is 24.4. The highest BCUT2D eigenvalue weighted by Gasteiger charge is 2.32. The number of aromatic nitrogens is 3. The maximum atomic E-state index is 13.3. The lowest BCUT2D eigenvalue weighted by atomic mass is 9.94. The predicted molar refractivity (Wildman–Crippen MR) is 110 cm³/mol. The van der Waals surface area contributed by atoms with Crippen LogP contribution in [0.2, 0.25) is 0 Å². The molecule has 0 spiro atoms. The van der Waals surface area contributed by atoms with Crippen LogP contribution in [0.3, 0.4) is 0 Å². The molecule has 1 amide bonds. The van der Waals surface area contributed by atoms with Crippen molar-refractivity contribution in [2.45, 2.75) is 52.5 Å². The van der Waals surface area contributed by atoms with Crippen molar-refractivity contribution in [1.29, 1.82) is 0 Å². The summed E-state index contributed by atoms with van der Waals surface area (Å²) < 4.78 is 5.50. The van der Waals surface area contributed by atoms with Crippen molar-refractivity contribution in [1.82, 2.24) is 20.0 Å². The maximum Gasteiger partial charge on any atom is 0.227 e. The summed E-state index contributed by atoms with van der Waals surface area (Å²) in [6.45, 7) is 6.56. The fraction of sp³-hybridized carbons (Fsp3) is 0.391. The van der Waals surface area contributed by atoms with Crippen LogP contribution < -0.4 is 0 Å². The maximum absolute atomic E-state index is 13.3. The van der Waals surface area contributed by atoms with Crippen LogP contribution in [-0.2, 0) is 11.2 Å². The molecule has 1 fully saturated rings. The Morgan fingerprint density at radius 3 is 2.79 bits per heavy atom. The largest absolute Gasteiger partial charge is 0.356 e. The van der Waals surface area contributed by atoms with Gasteiger partial charge in [0.15, 0.2) is 5.76 Å². The van der Waals surface area contributed by atoms with Gasteiger partial charge in [0.05, 0.1) is 29.4 Å². The average Bonchev–Trinajstić information content (AvgIpc) is 3.15. The van der Waals surface area contributed by atoms with E-state index in [9.17, 15) is 4.79 Å². The summed E-state index contributed by atoms with van der Waals surface area (Å²) in [5.41, 5.74) is 4.70. The number of aryl methyl sites for hydroxylation is 3. The number of rotatable bonds is 4. The van der Waals surface area contributed by atoms with Crippen LogP contribution in [0.15, 0.2) is 41.1 Å². The molecule has 0 saturated carbocycles. The Labute approximate surface area is 171 Å². The van der Waals surface area contributed by atoms with E-state index < -0.39 is 0 Å². The van der Waals surface area contributed by atoms with Crippen LogP contribution in [-0.4, -0.2) is 32.5 Å². The Kier molecular flexibility index (Phi) is 5.43. The predicted octanol–water partition coefficient (Wildman–Crippen LogP) is 4.35. The van der Waals surface area contributed by atoms with Crippen molar-refractivity contribution in [3.05, 3.63) is 64.9 Å². The molecular formula is C23H26N4O2. The zero-order valence-electron chi connectivity index (χ0n) is 17.2. The van der Waals surface area contributed by atoms with Gasteiger partial charge in [-0.1, -0.05) is 29.4 Å². The van der Waals surface area contributed by atoms with Crippen LogP contribution in [0.5, 0.6) is 0 Å². The lowest BCUT2D eigenvalue weighted by molar-refractivity contribution is -0.134. The molecule has 1 aromatic carbocycles. The smallest absolute Gasteiger partial charge is 0.227 e. The van der Waals surface area contributed by atoms with Crippen molar-refractivity contribution < 1.29 is 9.32 Å². The van der Waals surface area contributed by atoms with Crippen molar-refractivity contribution in [3.63, 3.8) is 0 Å². The van der Waals surface area contributed by atoms with Crippen LogP contribution in [0, 0.1) is 20.8 Å². The van der Waals surface area contributed by atoms with E-state index in [4.69, 9.17) is 9.51 Å². The fourth-order valence-corrected chi connectivity index (χ4v) is 4.01. The molecule has 0 radical (unpaired) electrons. The summed E-state index contributed by atoms with van der Waals surface area (Å²) in [5, 5.41) is 4.01. The summed E-state index contributed by atoms with van der Waals surface area (Å²) in [6.07, 6.45) is 5.16. The molecule has 1 aliphatic heterocycles. The molecule has 0 N–H and O–H groups in total. The quantitative estimate of drug-likeness (QED) is 0.662. The van der Waals surface area contributed by atoms with Crippen molar-refractivity contribution in [3.8, 4) is 11.3 Å². The van der Waals surface area contributed by atoms with Gasteiger partial charge in [0, 0.05) is 18.8 Å². The minimum absolute atomic E-state index is 0.0811. The molecule has 150 valence electrons. The lowest BCUT2D eigenvalue weighted by Gasteiger charge is -2.36. The van der Waals surface area contributed by atoms with E-state index in [0.717, 1.165) is 53.9 Å². The monoisotopic (exact) mass is 390 g/mol. The van der Waals surface area contributed by atoms with Gasteiger partial charge < -0.3 is 9.42 Å². The topological polar surface area (TPSA) is 72.1 Å². The number of benzene rings is 1. The van der Waals surface area contributed by atoms with E-state index in [2.05, 4.69) is 23.1 Å². The first-order chi connectivity index (χ1) is 14.0. The molecule has 29 heavy (non-hydrogen) atoms. The molecule has 6 nitrogen and oxygen atoms in total. The third-order valence-corrected chi connectivity index (χ3v) is 5.57. The number of carbonyl (C=O) groups is 1. The molecule has 1 atom stereocenters. The van der Waals surface area contributed by atoms with Gasteiger partial charge in [-0.25, -0.2) is 9.97 Å². The summed E-state index contributed by atoms with van der Waals surface area (Å²) in [5.74, 6) is 1.48. The molecule has 3 heterocycles. The molecule has 1 unspecified atom stereocenters. The SMILES string of the molecule is Cc1cc(-c2cnc(C)nc2C2CCCCN2C(=O)Cc2ccccc2C)on1. The van der Waals surface area contributed by atoms with Gasteiger partial charge in [-0.3, -0.25) is 4.79 Å². The Morgan fingerprint density at radius 2 is 2.03 bits per heavy atom. The number of carbonyl (C=O) groups excluding carboxylic acids is 1.